The maximum absolute atomic E-state index is 13.2. The molecule has 2 aromatic rings. The summed E-state index contributed by atoms with van der Waals surface area (Å²) in [5, 5.41) is 5.19. The number of carbonyl (C=O) groups is 3. The fraction of sp³-hybridized carbons (Fsp3) is 0.211. The normalized spacial score (nSPS) is 19.4. The molecule has 1 saturated heterocycles. The van der Waals surface area contributed by atoms with Gasteiger partial charge in [-0.05, 0) is 30.2 Å². The van der Waals surface area contributed by atoms with Crippen molar-refractivity contribution in [2.45, 2.75) is 18.9 Å². The lowest BCUT2D eigenvalue weighted by Crippen LogP contribution is -2.44. The van der Waals surface area contributed by atoms with Crippen LogP contribution in [0.3, 0.4) is 0 Å². The Bertz CT molecular complexity index is 856. The molecule has 6 nitrogen and oxygen atoms in total. The lowest BCUT2D eigenvalue weighted by Gasteiger charge is -2.25. The van der Waals surface area contributed by atoms with Crippen LogP contribution in [0.4, 0.5) is 14.9 Å². The summed E-state index contributed by atoms with van der Waals surface area (Å²) in [5.41, 5.74) is -0.266. The molecule has 1 atom stereocenters. The Labute approximate surface area is 150 Å². The van der Waals surface area contributed by atoms with E-state index in [0.29, 0.717) is 12.0 Å². The average Bonchev–Trinajstić information content (AvgIpc) is 2.87. The standard InChI is InChI=1S/C19H18FN3O3/c1-2-19(13-7-4-3-5-8-13)17(25)23(18(26)22-19)12-16(24)21-15-10-6-9-14(20)11-15/h3-11H,2,12H2,1H3,(H,21,24)(H,22,26). The topological polar surface area (TPSA) is 78.5 Å². The predicted octanol–water partition coefficient (Wildman–Crippen LogP) is 2.62. The summed E-state index contributed by atoms with van der Waals surface area (Å²) in [6.45, 7) is 1.34. The van der Waals surface area contributed by atoms with Crippen molar-refractivity contribution in [1.29, 1.82) is 0 Å². The fourth-order valence-electron chi connectivity index (χ4n) is 3.04. The minimum absolute atomic E-state index is 0.256. The molecule has 1 aliphatic heterocycles. The first-order chi connectivity index (χ1) is 12.5. The Kier molecular flexibility index (Phi) is 4.71. The fourth-order valence-corrected chi connectivity index (χ4v) is 3.04. The third-order valence-corrected chi connectivity index (χ3v) is 4.38. The first-order valence-electron chi connectivity index (χ1n) is 8.21. The second kappa shape index (κ2) is 6.95. The molecule has 26 heavy (non-hydrogen) atoms. The number of benzene rings is 2. The average molecular weight is 355 g/mol. The summed E-state index contributed by atoms with van der Waals surface area (Å²) >= 11 is 0. The van der Waals surface area contributed by atoms with Crippen molar-refractivity contribution in [1.82, 2.24) is 10.2 Å². The van der Waals surface area contributed by atoms with Gasteiger partial charge in [0.1, 0.15) is 17.9 Å². The predicted molar refractivity (Wildman–Crippen MR) is 93.7 cm³/mol. The zero-order valence-electron chi connectivity index (χ0n) is 14.2. The van der Waals surface area contributed by atoms with Crippen molar-refractivity contribution in [2.24, 2.45) is 0 Å². The molecule has 0 saturated carbocycles. The van der Waals surface area contributed by atoms with Crippen molar-refractivity contribution in [3.05, 3.63) is 66.0 Å². The maximum atomic E-state index is 13.2. The van der Waals surface area contributed by atoms with E-state index >= 15 is 0 Å². The number of urea groups is 1. The number of nitrogens with zero attached hydrogens (tertiary/aromatic N) is 1. The summed E-state index contributed by atoms with van der Waals surface area (Å²) in [5.74, 6) is -1.56. The molecule has 134 valence electrons. The van der Waals surface area contributed by atoms with E-state index in [9.17, 15) is 18.8 Å². The van der Waals surface area contributed by atoms with Gasteiger partial charge in [-0.2, -0.15) is 0 Å². The van der Waals surface area contributed by atoms with Gasteiger partial charge in [0.05, 0.1) is 0 Å². The van der Waals surface area contributed by atoms with Crippen molar-refractivity contribution in [3.63, 3.8) is 0 Å². The van der Waals surface area contributed by atoms with Crippen LogP contribution in [0.25, 0.3) is 0 Å². The highest BCUT2D eigenvalue weighted by molar-refractivity contribution is 6.10. The van der Waals surface area contributed by atoms with Gasteiger partial charge in [-0.15, -0.1) is 0 Å². The highest BCUT2D eigenvalue weighted by Gasteiger charge is 2.51. The van der Waals surface area contributed by atoms with Crippen LogP contribution < -0.4 is 10.6 Å². The highest BCUT2D eigenvalue weighted by Crippen LogP contribution is 2.32. The van der Waals surface area contributed by atoms with E-state index in [-0.39, 0.29) is 5.69 Å². The molecule has 3 rings (SSSR count). The van der Waals surface area contributed by atoms with Crippen LogP contribution in [0.1, 0.15) is 18.9 Å². The third kappa shape index (κ3) is 3.15. The monoisotopic (exact) mass is 355 g/mol. The largest absolute Gasteiger partial charge is 0.325 e. The number of anilines is 1. The second-order valence-electron chi connectivity index (χ2n) is 6.00. The lowest BCUT2D eigenvalue weighted by molar-refractivity contribution is -0.134. The van der Waals surface area contributed by atoms with Gasteiger partial charge >= 0.3 is 6.03 Å². The molecule has 2 aromatic carbocycles. The Morgan fingerprint density at radius 3 is 2.54 bits per heavy atom. The minimum atomic E-state index is -1.18. The number of hydrogen-bond donors (Lipinski definition) is 2. The smallest absolute Gasteiger partial charge is 0.324 e. The van der Waals surface area contributed by atoms with E-state index < -0.39 is 35.7 Å². The minimum Gasteiger partial charge on any atom is -0.324 e. The van der Waals surface area contributed by atoms with Crippen molar-refractivity contribution in [3.8, 4) is 0 Å². The molecule has 4 amide bonds. The van der Waals surface area contributed by atoms with Gasteiger partial charge < -0.3 is 10.6 Å². The molecule has 0 radical (unpaired) electrons. The zero-order valence-corrected chi connectivity index (χ0v) is 14.2. The molecule has 1 heterocycles. The van der Waals surface area contributed by atoms with Gasteiger partial charge in [-0.3, -0.25) is 14.5 Å². The molecule has 0 spiro atoms. The van der Waals surface area contributed by atoms with Crippen molar-refractivity contribution < 1.29 is 18.8 Å². The molecule has 2 N–H and O–H groups in total. The maximum Gasteiger partial charge on any atom is 0.325 e. The summed E-state index contributed by atoms with van der Waals surface area (Å²) in [6, 6.07) is 13.7. The van der Waals surface area contributed by atoms with Crippen LogP contribution >= 0.6 is 0 Å². The quantitative estimate of drug-likeness (QED) is 0.810. The van der Waals surface area contributed by atoms with E-state index in [1.54, 1.807) is 31.2 Å². The Morgan fingerprint density at radius 2 is 1.88 bits per heavy atom. The SMILES string of the molecule is CCC1(c2ccccc2)NC(=O)N(CC(=O)Nc2cccc(F)c2)C1=O. The van der Waals surface area contributed by atoms with Gasteiger partial charge in [0.15, 0.2) is 0 Å². The van der Waals surface area contributed by atoms with E-state index in [1.807, 2.05) is 6.07 Å². The van der Waals surface area contributed by atoms with Crippen molar-refractivity contribution in [2.75, 3.05) is 11.9 Å². The molecular formula is C19H18FN3O3. The van der Waals surface area contributed by atoms with Crippen LogP contribution in [-0.4, -0.2) is 29.3 Å². The molecule has 1 unspecified atom stereocenters. The third-order valence-electron chi connectivity index (χ3n) is 4.38. The van der Waals surface area contributed by atoms with Crippen LogP contribution in [0.2, 0.25) is 0 Å². The van der Waals surface area contributed by atoms with Gasteiger partial charge in [-0.1, -0.05) is 43.3 Å². The lowest BCUT2D eigenvalue weighted by atomic mass is 9.87. The molecule has 0 aromatic heterocycles. The summed E-state index contributed by atoms with van der Waals surface area (Å²) < 4.78 is 13.2. The van der Waals surface area contributed by atoms with Gasteiger partial charge in [0.25, 0.3) is 5.91 Å². The van der Waals surface area contributed by atoms with E-state index in [0.717, 1.165) is 11.0 Å². The number of imide groups is 1. The molecule has 1 fully saturated rings. The van der Waals surface area contributed by atoms with Crippen LogP contribution in [0.5, 0.6) is 0 Å². The number of hydrogen-bond acceptors (Lipinski definition) is 3. The number of halogens is 1. The number of nitrogens with one attached hydrogen (secondary N) is 2. The van der Waals surface area contributed by atoms with Gasteiger partial charge in [0.2, 0.25) is 5.91 Å². The van der Waals surface area contributed by atoms with Gasteiger partial charge in [0, 0.05) is 5.69 Å². The molecule has 7 heteroatoms. The molecule has 1 aliphatic rings. The Balaban J connectivity index is 1.77. The Morgan fingerprint density at radius 1 is 1.15 bits per heavy atom. The van der Waals surface area contributed by atoms with Crippen LogP contribution in [0, 0.1) is 5.82 Å². The first-order valence-corrected chi connectivity index (χ1v) is 8.21. The first kappa shape index (κ1) is 17.6. The van der Waals surface area contributed by atoms with Crippen molar-refractivity contribution >= 4 is 23.5 Å². The van der Waals surface area contributed by atoms with Crippen LogP contribution in [-0.2, 0) is 15.1 Å². The second-order valence-corrected chi connectivity index (χ2v) is 6.00. The number of carbonyl (C=O) groups excluding carboxylic acids is 3. The summed E-state index contributed by atoms with van der Waals surface area (Å²) in [7, 11) is 0. The molecular weight excluding hydrogens is 337 g/mol. The number of amides is 4. The number of rotatable bonds is 5. The zero-order chi connectivity index (χ0) is 18.7. The highest BCUT2D eigenvalue weighted by atomic mass is 19.1. The molecule has 0 bridgehead atoms. The van der Waals surface area contributed by atoms with E-state index in [4.69, 9.17) is 0 Å². The van der Waals surface area contributed by atoms with E-state index in [1.165, 1.54) is 18.2 Å². The van der Waals surface area contributed by atoms with Crippen LogP contribution in [0.15, 0.2) is 54.6 Å². The molecule has 0 aliphatic carbocycles. The van der Waals surface area contributed by atoms with Gasteiger partial charge in [-0.25, -0.2) is 9.18 Å². The van der Waals surface area contributed by atoms with E-state index in [2.05, 4.69) is 10.6 Å². The Hall–Kier alpha value is -3.22. The summed E-state index contributed by atoms with van der Waals surface area (Å²) in [4.78, 5) is 38.3. The summed E-state index contributed by atoms with van der Waals surface area (Å²) in [6.07, 6.45) is 0.351.